The molecule has 0 saturated carbocycles. The number of ether oxygens (including phenoxy) is 1. The van der Waals surface area contributed by atoms with Crippen LogP contribution in [0.2, 0.25) is 5.02 Å². The van der Waals surface area contributed by atoms with Crippen LogP contribution in [0, 0.1) is 6.92 Å². The number of nitrogens with one attached hydrogen (secondary N) is 1. The highest BCUT2D eigenvalue weighted by molar-refractivity contribution is 6.31. The maximum absolute atomic E-state index is 12.1. The van der Waals surface area contributed by atoms with E-state index >= 15 is 0 Å². The Morgan fingerprint density at radius 2 is 1.79 bits per heavy atom. The zero-order valence-electron chi connectivity index (χ0n) is 14.7. The van der Waals surface area contributed by atoms with Crippen molar-refractivity contribution in [3.63, 3.8) is 0 Å². The maximum atomic E-state index is 12.1. The van der Waals surface area contributed by atoms with Crippen molar-refractivity contribution in [2.24, 2.45) is 0 Å². The number of hydrogen-bond donors (Lipinski definition) is 1. The Labute approximate surface area is 149 Å². The molecule has 2 aromatic rings. The first-order valence-electron chi connectivity index (χ1n) is 8.05. The molecule has 0 aromatic heterocycles. The average Bonchev–Trinajstić information content (AvgIpc) is 2.54. The van der Waals surface area contributed by atoms with E-state index in [0.717, 1.165) is 5.56 Å². The van der Waals surface area contributed by atoms with Crippen molar-refractivity contribution in [2.75, 3.05) is 13.2 Å². The third kappa shape index (κ3) is 5.00. The molecule has 0 heterocycles. The molecule has 3 nitrogen and oxygen atoms in total. The summed E-state index contributed by atoms with van der Waals surface area (Å²) in [5.74, 6) is 0.607. The van der Waals surface area contributed by atoms with Gasteiger partial charge < -0.3 is 10.1 Å². The monoisotopic (exact) mass is 345 g/mol. The number of amides is 1. The lowest BCUT2D eigenvalue weighted by atomic mass is 9.87. The summed E-state index contributed by atoms with van der Waals surface area (Å²) >= 11 is 6.05. The van der Waals surface area contributed by atoms with Gasteiger partial charge >= 0.3 is 0 Å². The van der Waals surface area contributed by atoms with Crippen molar-refractivity contribution in [2.45, 2.75) is 33.1 Å². The van der Waals surface area contributed by atoms with Gasteiger partial charge in [0.2, 0.25) is 0 Å². The van der Waals surface area contributed by atoms with Crippen LogP contribution in [-0.2, 0) is 5.41 Å². The minimum atomic E-state index is -0.0963. The normalized spacial score (nSPS) is 11.2. The Kier molecular flexibility index (Phi) is 5.89. The number of carbonyl (C=O) groups is 1. The zero-order valence-corrected chi connectivity index (χ0v) is 15.4. The van der Waals surface area contributed by atoms with Gasteiger partial charge in [-0.2, -0.15) is 0 Å². The summed E-state index contributed by atoms with van der Waals surface area (Å²) in [4.78, 5) is 12.1. The highest BCUT2D eigenvalue weighted by Crippen LogP contribution is 2.22. The first-order chi connectivity index (χ1) is 11.3. The van der Waals surface area contributed by atoms with Gasteiger partial charge in [0.15, 0.2) is 0 Å². The molecule has 0 bridgehead atoms. The summed E-state index contributed by atoms with van der Waals surface area (Å²) in [5, 5.41) is 3.53. The van der Waals surface area contributed by atoms with Gasteiger partial charge in [0, 0.05) is 10.6 Å². The summed E-state index contributed by atoms with van der Waals surface area (Å²) in [5.41, 5.74) is 2.95. The second-order valence-electron chi connectivity index (χ2n) is 6.84. The molecule has 4 heteroatoms. The van der Waals surface area contributed by atoms with E-state index in [1.54, 1.807) is 6.07 Å². The number of hydrogen-bond acceptors (Lipinski definition) is 2. The average molecular weight is 346 g/mol. The van der Waals surface area contributed by atoms with E-state index in [1.807, 2.05) is 43.3 Å². The molecule has 2 aromatic carbocycles. The summed E-state index contributed by atoms with van der Waals surface area (Å²) in [6.07, 6.45) is 0. The van der Waals surface area contributed by atoms with E-state index in [-0.39, 0.29) is 11.3 Å². The van der Waals surface area contributed by atoms with Gasteiger partial charge in [0.1, 0.15) is 12.4 Å². The van der Waals surface area contributed by atoms with Crippen molar-refractivity contribution >= 4 is 17.5 Å². The van der Waals surface area contributed by atoms with Crippen LogP contribution in [0.25, 0.3) is 0 Å². The smallest absolute Gasteiger partial charge is 0.251 e. The van der Waals surface area contributed by atoms with Crippen molar-refractivity contribution in [1.29, 1.82) is 0 Å². The molecular formula is C20H24ClNO2. The third-order valence-electron chi connectivity index (χ3n) is 3.81. The van der Waals surface area contributed by atoms with Crippen LogP contribution in [0.5, 0.6) is 5.75 Å². The van der Waals surface area contributed by atoms with Crippen molar-refractivity contribution < 1.29 is 9.53 Å². The number of carbonyl (C=O) groups excluding carboxylic acids is 1. The zero-order chi connectivity index (χ0) is 17.7. The molecule has 0 spiro atoms. The van der Waals surface area contributed by atoms with Crippen LogP contribution in [0.3, 0.4) is 0 Å². The highest BCUT2D eigenvalue weighted by Gasteiger charge is 2.14. The molecular weight excluding hydrogens is 322 g/mol. The molecule has 0 aliphatic rings. The standard InChI is InChI=1S/C20H24ClNO2/c1-14-5-10-17(13-18(14)21)24-12-11-22-19(23)15-6-8-16(9-7-15)20(2,3)4/h5-10,13H,11-12H2,1-4H3,(H,22,23). The lowest BCUT2D eigenvalue weighted by molar-refractivity contribution is 0.0947. The molecule has 128 valence electrons. The lowest BCUT2D eigenvalue weighted by Gasteiger charge is -2.19. The lowest BCUT2D eigenvalue weighted by Crippen LogP contribution is -2.28. The predicted octanol–water partition coefficient (Wildman–Crippen LogP) is 4.75. The van der Waals surface area contributed by atoms with Crippen LogP contribution < -0.4 is 10.1 Å². The Hall–Kier alpha value is -2.00. The molecule has 1 amide bonds. The number of rotatable bonds is 5. The molecule has 0 unspecified atom stereocenters. The van der Waals surface area contributed by atoms with E-state index in [4.69, 9.17) is 16.3 Å². The summed E-state index contributed by atoms with van der Waals surface area (Å²) in [6.45, 7) is 9.22. The predicted molar refractivity (Wildman–Crippen MR) is 99.2 cm³/mol. The van der Waals surface area contributed by atoms with Crippen molar-refractivity contribution in [3.8, 4) is 5.75 Å². The Balaban J connectivity index is 1.81. The van der Waals surface area contributed by atoms with Crippen LogP contribution in [0.15, 0.2) is 42.5 Å². The highest BCUT2D eigenvalue weighted by atomic mass is 35.5. The Morgan fingerprint density at radius 3 is 2.38 bits per heavy atom. The minimum absolute atomic E-state index is 0.0815. The van der Waals surface area contributed by atoms with Gasteiger partial charge in [-0.25, -0.2) is 0 Å². The molecule has 0 aliphatic heterocycles. The fraction of sp³-hybridized carbons (Fsp3) is 0.350. The van der Waals surface area contributed by atoms with Crippen LogP contribution >= 0.6 is 11.6 Å². The van der Waals surface area contributed by atoms with E-state index in [0.29, 0.717) is 29.5 Å². The molecule has 24 heavy (non-hydrogen) atoms. The van der Waals surface area contributed by atoms with Gasteiger partial charge in [-0.3, -0.25) is 4.79 Å². The topological polar surface area (TPSA) is 38.3 Å². The van der Waals surface area contributed by atoms with Gasteiger partial charge in [-0.1, -0.05) is 50.6 Å². The van der Waals surface area contributed by atoms with E-state index in [1.165, 1.54) is 5.56 Å². The van der Waals surface area contributed by atoms with Crippen molar-refractivity contribution in [1.82, 2.24) is 5.32 Å². The van der Waals surface area contributed by atoms with Crippen LogP contribution in [0.1, 0.15) is 42.3 Å². The Bertz CT molecular complexity index is 703. The molecule has 1 N–H and O–H groups in total. The fourth-order valence-electron chi connectivity index (χ4n) is 2.22. The van der Waals surface area contributed by atoms with Gasteiger partial charge in [-0.15, -0.1) is 0 Å². The molecule has 0 atom stereocenters. The number of halogens is 1. The van der Waals surface area contributed by atoms with E-state index in [2.05, 4.69) is 26.1 Å². The largest absolute Gasteiger partial charge is 0.492 e. The second kappa shape index (κ2) is 7.71. The van der Waals surface area contributed by atoms with E-state index < -0.39 is 0 Å². The quantitative estimate of drug-likeness (QED) is 0.794. The van der Waals surface area contributed by atoms with Crippen LogP contribution in [-0.4, -0.2) is 19.1 Å². The van der Waals surface area contributed by atoms with E-state index in [9.17, 15) is 4.79 Å². The fourth-order valence-corrected chi connectivity index (χ4v) is 2.39. The molecule has 0 radical (unpaired) electrons. The van der Waals surface area contributed by atoms with Gasteiger partial charge in [0.05, 0.1) is 6.54 Å². The van der Waals surface area contributed by atoms with Gasteiger partial charge in [0.25, 0.3) is 5.91 Å². The molecule has 0 fully saturated rings. The van der Waals surface area contributed by atoms with Gasteiger partial charge in [-0.05, 0) is 47.7 Å². The first kappa shape index (κ1) is 18.3. The molecule has 2 rings (SSSR count). The second-order valence-corrected chi connectivity index (χ2v) is 7.25. The SMILES string of the molecule is Cc1ccc(OCCNC(=O)c2ccc(C(C)(C)C)cc2)cc1Cl. The van der Waals surface area contributed by atoms with Crippen LogP contribution in [0.4, 0.5) is 0 Å². The minimum Gasteiger partial charge on any atom is -0.492 e. The maximum Gasteiger partial charge on any atom is 0.251 e. The summed E-state index contributed by atoms with van der Waals surface area (Å²) in [7, 11) is 0. The molecule has 0 aliphatic carbocycles. The third-order valence-corrected chi connectivity index (χ3v) is 4.22. The molecule has 0 saturated heterocycles. The first-order valence-corrected chi connectivity index (χ1v) is 8.43. The number of aryl methyl sites for hydroxylation is 1. The summed E-state index contributed by atoms with van der Waals surface area (Å²) < 4.78 is 5.59. The Morgan fingerprint density at radius 1 is 1.12 bits per heavy atom. The summed E-state index contributed by atoms with van der Waals surface area (Å²) in [6, 6.07) is 13.3. The number of benzene rings is 2. The van der Waals surface area contributed by atoms with Crippen molar-refractivity contribution in [3.05, 3.63) is 64.2 Å².